The van der Waals surface area contributed by atoms with E-state index in [4.69, 9.17) is 4.42 Å². The molecular weight excluding hydrogens is 448 g/mol. The van der Waals surface area contributed by atoms with E-state index in [-0.39, 0.29) is 10.8 Å². The minimum absolute atomic E-state index is 0.201. The normalized spacial score (nSPS) is 12.3. The highest BCUT2D eigenvalue weighted by atomic mass is 32.1. The summed E-state index contributed by atoms with van der Waals surface area (Å²) in [7, 11) is 0. The maximum Gasteiger partial charge on any atom is 0.345 e. The molecule has 5 rings (SSSR count). The van der Waals surface area contributed by atoms with Crippen molar-refractivity contribution >= 4 is 33.8 Å². The molecule has 0 amide bonds. The largest absolute Gasteiger partial charge is 0.422 e. The van der Waals surface area contributed by atoms with Gasteiger partial charge in [-0.25, -0.2) is 9.48 Å². The first-order chi connectivity index (χ1) is 16.6. The van der Waals surface area contributed by atoms with E-state index in [1.807, 2.05) is 54.6 Å². The molecule has 0 aliphatic carbocycles. The van der Waals surface area contributed by atoms with Gasteiger partial charge in [-0.05, 0) is 31.2 Å². The molecule has 0 saturated heterocycles. The smallest absolute Gasteiger partial charge is 0.345 e. The Morgan fingerprint density at radius 2 is 1.62 bits per heavy atom. The highest BCUT2D eigenvalue weighted by Crippen LogP contribution is 2.14. The average Bonchev–Trinajstić information content (AvgIpc) is 3.31. The van der Waals surface area contributed by atoms with Gasteiger partial charge in [-0.1, -0.05) is 78.1 Å². The van der Waals surface area contributed by atoms with Crippen LogP contribution in [0.15, 0.2) is 110 Å². The summed E-state index contributed by atoms with van der Waals surface area (Å²) in [4.78, 5) is 25.8. The van der Waals surface area contributed by atoms with E-state index in [1.165, 1.54) is 0 Å². The zero-order valence-corrected chi connectivity index (χ0v) is 18.9. The molecular formula is C26H18N4O3S. The molecule has 2 heterocycles. The summed E-state index contributed by atoms with van der Waals surface area (Å²) in [6, 6.07) is 27.3. The summed E-state index contributed by atoms with van der Waals surface area (Å²) < 4.78 is 6.98. The monoisotopic (exact) mass is 466 g/mol. The van der Waals surface area contributed by atoms with Crippen LogP contribution < -0.4 is 10.4 Å². The van der Waals surface area contributed by atoms with E-state index < -0.39 is 5.63 Å². The topological polar surface area (TPSA) is 89.8 Å². The van der Waals surface area contributed by atoms with Crippen molar-refractivity contribution in [1.29, 1.82) is 0 Å². The zero-order valence-electron chi connectivity index (χ0n) is 18.1. The summed E-state index contributed by atoms with van der Waals surface area (Å²) in [5.74, 6) is -0.201. The van der Waals surface area contributed by atoms with Crippen LogP contribution in [-0.2, 0) is 0 Å². The molecule has 0 spiro atoms. The van der Waals surface area contributed by atoms with Crippen LogP contribution in [0.4, 0.5) is 0 Å². The van der Waals surface area contributed by atoms with Gasteiger partial charge in [0, 0.05) is 10.9 Å². The number of fused-ring (bicyclic) bond motifs is 1. The predicted molar refractivity (Wildman–Crippen MR) is 132 cm³/mol. The molecule has 166 valence electrons. The number of aromatic nitrogens is 2. The van der Waals surface area contributed by atoms with Crippen molar-refractivity contribution < 1.29 is 9.21 Å². The number of hydrogen-bond donors (Lipinski definition) is 0. The molecule has 2 aromatic heterocycles. The SMILES string of the molecule is C/C(=N\N=c1/sc(C(=O)c2ccccc2)nn1-c1ccccc1)c1cc2ccccc2oc1=O. The molecule has 0 N–H and O–H groups in total. The van der Waals surface area contributed by atoms with Crippen molar-refractivity contribution in [1.82, 2.24) is 9.78 Å². The second-order valence-corrected chi connectivity index (χ2v) is 8.36. The lowest BCUT2D eigenvalue weighted by Crippen LogP contribution is -2.15. The molecule has 0 fully saturated rings. The quantitative estimate of drug-likeness (QED) is 0.164. The van der Waals surface area contributed by atoms with Crippen molar-refractivity contribution in [3.05, 3.63) is 122 Å². The standard InChI is InChI=1S/C26H18N4O3S/c1-17(21-16-19-12-8-9-15-22(19)33-25(21)32)27-28-26-30(20-13-6-3-7-14-20)29-24(34-26)23(31)18-10-4-2-5-11-18/h2-16H,1H3/b27-17+,28-26-. The molecule has 0 bridgehead atoms. The molecule has 0 aliphatic heterocycles. The summed E-state index contributed by atoms with van der Waals surface area (Å²) >= 11 is 1.13. The van der Waals surface area contributed by atoms with Crippen molar-refractivity contribution in [3.63, 3.8) is 0 Å². The highest BCUT2D eigenvalue weighted by Gasteiger charge is 2.16. The molecule has 0 atom stereocenters. The maximum atomic E-state index is 13.0. The Hall–Kier alpha value is -4.43. The number of ketones is 1. The fraction of sp³-hybridized carbons (Fsp3) is 0.0385. The summed E-state index contributed by atoms with van der Waals surface area (Å²) in [6.07, 6.45) is 0. The van der Waals surface area contributed by atoms with Gasteiger partial charge in [0.25, 0.3) is 0 Å². The van der Waals surface area contributed by atoms with Crippen LogP contribution in [0.3, 0.4) is 0 Å². The number of carbonyl (C=O) groups excluding carboxylic acids is 1. The number of benzene rings is 3. The van der Waals surface area contributed by atoms with Gasteiger partial charge in [0.2, 0.25) is 10.6 Å². The number of rotatable bonds is 5. The first-order valence-corrected chi connectivity index (χ1v) is 11.3. The lowest BCUT2D eigenvalue weighted by Gasteiger charge is -2.01. The van der Waals surface area contributed by atoms with Crippen molar-refractivity contribution in [2.75, 3.05) is 0 Å². The van der Waals surface area contributed by atoms with Gasteiger partial charge in [-0.15, -0.1) is 5.10 Å². The number of para-hydroxylation sites is 2. The highest BCUT2D eigenvalue weighted by molar-refractivity contribution is 7.11. The van der Waals surface area contributed by atoms with E-state index >= 15 is 0 Å². The lowest BCUT2D eigenvalue weighted by molar-refractivity contribution is 0.103. The van der Waals surface area contributed by atoms with Crippen LogP contribution in [0.2, 0.25) is 0 Å². The Bertz CT molecular complexity index is 1650. The summed E-state index contributed by atoms with van der Waals surface area (Å²) in [6.45, 7) is 1.69. The third-order valence-electron chi connectivity index (χ3n) is 5.11. The Labute approximate surface area is 198 Å². The average molecular weight is 467 g/mol. The number of carbonyl (C=O) groups is 1. The number of hydrogen-bond acceptors (Lipinski definition) is 7. The fourth-order valence-corrected chi connectivity index (χ4v) is 4.19. The van der Waals surface area contributed by atoms with Crippen LogP contribution in [-0.4, -0.2) is 21.3 Å². The van der Waals surface area contributed by atoms with Gasteiger partial charge in [0.15, 0.2) is 5.01 Å². The van der Waals surface area contributed by atoms with Crippen LogP contribution >= 0.6 is 11.3 Å². The molecule has 0 aliphatic rings. The van der Waals surface area contributed by atoms with Crippen molar-refractivity contribution in [2.45, 2.75) is 6.92 Å². The third kappa shape index (κ3) is 4.26. The molecule has 7 nitrogen and oxygen atoms in total. The van der Waals surface area contributed by atoms with E-state index in [2.05, 4.69) is 15.3 Å². The van der Waals surface area contributed by atoms with E-state index in [9.17, 15) is 9.59 Å². The van der Waals surface area contributed by atoms with Crippen molar-refractivity contribution in [2.24, 2.45) is 10.2 Å². The second kappa shape index (κ2) is 9.21. The second-order valence-electron chi connectivity index (χ2n) is 7.40. The van der Waals surface area contributed by atoms with E-state index in [0.717, 1.165) is 22.4 Å². The van der Waals surface area contributed by atoms with Crippen LogP contribution in [0.1, 0.15) is 27.9 Å². The molecule has 0 saturated carbocycles. The van der Waals surface area contributed by atoms with Gasteiger partial charge < -0.3 is 4.42 Å². The van der Waals surface area contributed by atoms with Gasteiger partial charge in [-0.2, -0.15) is 10.2 Å². The van der Waals surface area contributed by atoms with Crippen LogP contribution in [0.25, 0.3) is 16.7 Å². The molecule has 34 heavy (non-hydrogen) atoms. The minimum Gasteiger partial charge on any atom is -0.422 e. The van der Waals surface area contributed by atoms with Crippen LogP contribution in [0.5, 0.6) is 0 Å². The summed E-state index contributed by atoms with van der Waals surface area (Å²) in [5, 5.41) is 14.2. The van der Waals surface area contributed by atoms with Gasteiger partial charge in [0.1, 0.15) is 5.58 Å². The minimum atomic E-state index is -0.490. The summed E-state index contributed by atoms with van der Waals surface area (Å²) in [5.41, 5.74) is 2.01. The maximum absolute atomic E-state index is 13.0. The fourth-order valence-electron chi connectivity index (χ4n) is 3.37. The predicted octanol–water partition coefficient (Wildman–Crippen LogP) is 4.60. The first-order valence-electron chi connectivity index (χ1n) is 10.5. The van der Waals surface area contributed by atoms with E-state index in [1.54, 1.807) is 48.0 Å². The Morgan fingerprint density at radius 1 is 0.941 bits per heavy atom. The lowest BCUT2D eigenvalue weighted by atomic mass is 10.1. The molecule has 5 aromatic rings. The zero-order chi connectivity index (χ0) is 23.5. The number of nitrogens with zero attached hydrogens (tertiary/aromatic N) is 4. The first kappa shape index (κ1) is 21.4. The Balaban J connectivity index is 1.61. The Kier molecular flexibility index (Phi) is 5.80. The van der Waals surface area contributed by atoms with Gasteiger partial charge in [-0.3, -0.25) is 4.79 Å². The molecule has 3 aromatic carbocycles. The Morgan fingerprint density at radius 3 is 2.38 bits per heavy atom. The van der Waals surface area contributed by atoms with E-state index in [0.29, 0.717) is 27.2 Å². The van der Waals surface area contributed by atoms with Crippen LogP contribution in [0, 0.1) is 0 Å². The third-order valence-corrected chi connectivity index (χ3v) is 6.01. The van der Waals surface area contributed by atoms with Gasteiger partial charge in [0.05, 0.1) is 17.0 Å². The van der Waals surface area contributed by atoms with Gasteiger partial charge >= 0.3 is 5.63 Å². The van der Waals surface area contributed by atoms with Crippen molar-refractivity contribution in [3.8, 4) is 5.69 Å². The molecule has 8 heteroatoms. The molecule has 0 unspecified atom stereocenters. The molecule has 0 radical (unpaired) electrons.